The van der Waals surface area contributed by atoms with Gasteiger partial charge in [-0.05, 0) is 43.4 Å². The maximum absolute atomic E-state index is 13.3. The lowest BCUT2D eigenvalue weighted by atomic mass is 9.68. The Bertz CT molecular complexity index is 760. The van der Waals surface area contributed by atoms with Crippen molar-refractivity contribution < 1.29 is 13.2 Å². The molecule has 1 N–H and O–H groups in total. The van der Waals surface area contributed by atoms with Crippen molar-refractivity contribution in [2.45, 2.75) is 56.4 Å². The zero-order chi connectivity index (χ0) is 18.8. The van der Waals surface area contributed by atoms with Crippen LogP contribution in [0.3, 0.4) is 0 Å². The Morgan fingerprint density at radius 2 is 1.96 bits per heavy atom. The third-order valence-corrected chi connectivity index (χ3v) is 7.21. The molecule has 0 spiro atoms. The lowest BCUT2D eigenvalue weighted by Crippen LogP contribution is -2.54. The first-order valence-electron chi connectivity index (χ1n) is 9.33. The van der Waals surface area contributed by atoms with Gasteiger partial charge in [-0.3, -0.25) is 4.79 Å². The summed E-state index contributed by atoms with van der Waals surface area (Å²) in [5.41, 5.74) is 0.411. The molecule has 0 bridgehead atoms. The van der Waals surface area contributed by atoms with Gasteiger partial charge in [0.05, 0.1) is 11.7 Å². The molecule has 3 rings (SSSR count). The number of nitrogens with zero attached hydrogens (tertiary/aromatic N) is 1. The van der Waals surface area contributed by atoms with Crippen molar-refractivity contribution in [3.63, 3.8) is 0 Å². The minimum absolute atomic E-state index is 0.0137. The molecule has 1 saturated carbocycles. The number of hydrogen-bond acceptors (Lipinski definition) is 3. The molecule has 1 heterocycles. The summed E-state index contributed by atoms with van der Waals surface area (Å²) < 4.78 is 25.1. The van der Waals surface area contributed by atoms with Gasteiger partial charge < -0.3 is 5.32 Å². The van der Waals surface area contributed by atoms with Crippen molar-refractivity contribution in [2.75, 3.05) is 19.3 Å². The first-order valence-corrected chi connectivity index (χ1v) is 11.6. The van der Waals surface area contributed by atoms with Crippen molar-refractivity contribution >= 4 is 27.5 Å². The molecule has 1 unspecified atom stereocenters. The topological polar surface area (TPSA) is 66.5 Å². The van der Waals surface area contributed by atoms with E-state index in [9.17, 15) is 13.2 Å². The predicted octanol–water partition coefficient (Wildman–Crippen LogP) is 3.08. The monoisotopic (exact) mass is 398 g/mol. The van der Waals surface area contributed by atoms with Gasteiger partial charge in [0, 0.05) is 24.2 Å². The van der Waals surface area contributed by atoms with Crippen molar-refractivity contribution in [3.05, 3.63) is 34.9 Å². The predicted molar refractivity (Wildman–Crippen MR) is 104 cm³/mol. The smallest absolute Gasteiger partial charge is 0.230 e. The second-order valence-electron chi connectivity index (χ2n) is 7.59. The average molecular weight is 399 g/mol. The molecule has 0 aromatic heterocycles. The highest BCUT2D eigenvalue weighted by Gasteiger charge is 2.42. The fourth-order valence-corrected chi connectivity index (χ4v) is 5.38. The van der Waals surface area contributed by atoms with Gasteiger partial charge in [0.1, 0.15) is 0 Å². The van der Waals surface area contributed by atoms with Crippen LogP contribution in [0.2, 0.25) is 5.02 Å². The van der Waals surface area contributed by atoms with Gasteiger partial charge in [-0.25, -0.2) is 12.7 Å². The molecule has 0 radical (unpaired) electrons. The molecule has 144 valence electrons. The minimum Gasteiger partial charge on any atom is -0.351 e. The molecule has 2 fully saturated rings. The Kier molecular flexibility index (Phi) is 5.94. The van der Waals surface area contributed by atoms with Crippen molar-refractivity contribution in [2.24, 2.45) is 0 Å². The standard InChI is InChI=1S/C19H27ClN2O3S/c1-26(24,25)22-12-6-9-17(14-22)21-18(23)19(10-3-2-4-11-19)15-7-5-8-16(20)13-15/h5,7-8,13,17H,2-4,6,9-12,14H2,1H3,(H,21,23). The zero-order valence-corrected chi connectivity index (χ0v) is 16.8. The SMILES string of the molecule is CS(=O)(=O)N1CCCC(NC(=O)C2(c3cccc(Cl)c3)CCCCC2)C1. The number of rotatable bonds is 4. The van der Waals surface area contributed by atoms with Crippen LogP contribution in [0.5, 0.6) is 0 Å². The van der Waals surface area contributed by atoms with Crippen LogP contribution in [0, 0.1) is 0 Å². The summed E-state index contributed by atoms with van der Waals surface area (Å²) in [6.07, 6.45) is 7.59. The number of carbonyl (C=O) groups excluding carboxylic acids is 1. The highest BCUT2D eigenvalue weighted by Crippen LogP contribution is 2.40. The summed E-state index contributed by atoms with van der Waals surface area (Å²) in [6.45, 7) is 0.890. The summed E-state index contributed by atoms with van der Waals surface area (Å²) in [5, 5.41) is 3.80. The van der Waals surface area contributed by atoms with Crippen LogP contribution in [0.4, 0.5) is 0 Å². The molecule has 1 saturated heterocycles. The number of halogens is 1. The highest BCUT2D eigenvalue weighted by atomic mass is 35.5. The fourth-order valence-electron chi connectivity index (χ4n) is 4.27. The Morgan fingerprint density at radius 3 is 2.62 bits per heavy atom. The molecule has 1 aromatic rings. The Balaban J connectivity index is 1.80. The Morgan fingerprint density at radius 1 is 1.23 bits per heavy atom. The van der Waals surface area contributed by atoms with Crippen LogP contribution in [0.25, 0.3) is 0 Å². The summed E-state index contributed by atoms with van der Waals surface area (Å²) in [6, 6.07) is 7.47. The van der Waals surface area contributed by atoms with Gasteiger partial charge in [-0.2, -0.15) is 0 Å². The van der Waals surface area contributed by atoms with E-state index in [1.54, 1.807) is 0 Å². The van der Waals surface area contributed by atoms with E-state index in [1.165, 1.54) is 10.6 Å². The second kappa shape index (κ2) is 7.87. The van der Waals surface area contributed by atoms with E-state index in [0.717, 1.165) is 50.5 Å². The van der Waals surface area contributed by atoms with Gasteiger partial charge in [0.2, 0.25) is 15.9 Å². The maximum atomic E-state index is 13.3. The quantitative estimate of drug-likeness (QED) is 0.847. The molecule has 1 aliphatic heterocycles. The Hall–Kier alpha value is -1.11. The molecule has 1 aliphatic carbocycles. The number of piperidine rings is 1. The van der Waals surface area contributed by atoms with Crippen LogP contribution < -0.4 is 5.32 Å². The Labute approximate surface area is 161 Å². The number of benzene rings is 1. The molecular formula is C19H27ClN2O3S. The summed E-state index contributed by atoms with van der Waals surface area (Å²) >= 11 is 6.19. The zero-order valence-electron chi connectivity index (χ0n) is 15.2. The average Bonchev–Trinajstić information content (AvgIpc) is 2.62. The van der Waals surface area contributed by atoms with E-state index < -0.39 is 15.4 Å². The van der Waals surface area contributed by atoms with E-state index in [1.807, 2.05) is 24.3 Å². The first-order chi connectivity index (χ1) is 12.3. The number of amides is 1. The molecule has 1 atom stereocenters. The van der Waals surface area contributed by atoms with Gasteiger partial charge >= 0.3 is 0 Å². The molecule has 5 nitrogen and oxygen atoms in total. The number of sulfonamides is 1. The molecule has 26 heavy (non-hydrogen) atoms. The van der Waals surface area contributed by atoms with Crippen molar-refractivity contribution in [3.8, 4) is 0 Å². The van der Waals surface area contributed by atoms with Gasteiger partial charge in [-0.1, -0.05) is 43.0 Å². The normalized spacial score (nSPS) is 24.2. The van der Waals surface area contributed by atoms with Crippen LogP contribution >= 0.6 is 11.6 Å². The minimum atomic E-state index is -3.23. The summed E-state index contributed by atoms with van der Waals surface area (Å²) in [4.78, 5) is 13.3. The third kappa shape index (κ3) is 4.24. The number of carbonyl (C=O) groups is 1. The number of hydrogen-bond donors (Lipinski definition) is 1. The largest absolute Gasteiger partial charge is 0.351 e. The van der Waals surface area contributed by atoms with Crippen LogP contribution in [-0.2, 0) is 20.2 Å². The lowest BCUT2D eigenvalue weighted by Gasteiger charge is -2.39. The third-order valence-electron chi connectivity index (χ3n) is 5.71. The summed E-state index contributed by atoms with van der Waals surface area (Å²) in [7, 11) is -3.23. The fraction of sp³-hybridized carbons (Fsp3) is 0.632. The van der Waals surface area contributed by atoms with Crippen molar-refractivity contribution in [1.29, 1.82) is 0 Å². The van der Waals surface area contributed by atoms with Crippen LogP contribution in [0.15, 0.2) is 24.3 Å². The van der Waals surface area contributed by atoms with E-state index in [0.29, 0.717) is 18.1 Å². The second-order valence-corrected chi connectivity index (χ2v) is 10.0. The van der Waals surface area contributed by atoms with Crippen LogP contribution in [0.1, 0.15) is 50.5 Å². The summed E-state index contributed by atoms with van der Waals surface area (Å²) in [5.74, 6) is 0.0137. The first kappa shape index (κ1) is 19.6. The maximum Gasteiger partial charge on any atom is 0.230 e. The molecule has 1 amide bonds. The lowest BCUT2D eigenvalue weighted by molar-refractivity contribution is -0.129. The van der Waals surface area contributed by atoms with Gasteiger partial charge in [-0.15, -0.1) is 0 Å². The molecule has 7 heteroatoms. The molecule has 2 aliphatic rings. The van der Waals surface area contributed by atoms with E-state index in [2.05, 4.69) is 5.32 Å². The van der Waals surface area contributed by atoms with E-state index >= 15 is 0 Å². The van der Waals surface area contributed by atoms with Gasteiger partial charge in [0.25, 0.3) is 0 Å². The van der Waals surface area contributed by atoms with Crippen molar-refractivity contribution in [1.82, 2.24) is 9.62 Å². The number of nitrogens with one attached hydrogen (secondary N) is 1. The van der Waals surface area contributed by atoms with Gasteiger partial charge in [0.15, 0.2) is 0 Å². The molecule has 1 aromatic carbocycles. The molecular weight excluding hydrogens is 372 g/mol. The van der Waals surface area contributed by atoms with E-state index in [4.69, 9.17) is 11.6 Å². The highest BCUT2D eigenvalue weighted by molar-refractivity contribution is 7.88. The van der Waals surface area contributed by atoms with E-state index in [-0.39, 0.29) is 11.9 Å². The van der Waals surface area contributed by atoms with Crippen LogP contribution in [-0.4, -0.2) is 44.0 Å².